The van der Waals surface area contributed by atoms with Gasteiger partial charge in [-0.3, -0.25) is 18.7 Å². The average molecular weight is 457 g/mol. The van der Waals surface area contributed by atoms with E-state index in [0.29, 0.717) is 5.65 Å². The lowest BCUT2D eigenvalue weighted by Gasteiger charge is -2.38. The minimum Gasteiger partial charge on any atom is -0.388 e. The Bertz CT molecular complexity index is 1310. The third-order valence-corrected chi connectivity index (χ3v) is 6.18. The van der Waals surface area contributed by atoms with Crippen molar-refractivity contribution in [3.8, 4) is 0 Å². The van der Waals surface area contributed by atoms with Crippen LogP contribution in [0.5, 0.6) is 0 Å². The fourth-order valence-corrected chi connectivity index (χ4v) is 4.18. The zero-order valence-electron chi connectivity index (χ0n) is 18.6. The summed E-state index contributed by atoms with van der Waals surface area (Å²) in [5.41, 5.74) is 1.26. The SMILES string of the molecule is Cc1ccccc1CC(=O)N[C@@H]1CO[C@H](Cn2cnc3c(=O)n(C)c(=O)n(C)c32)[C@@H](O)[C@H]1O. The van der Waals surface area contributed by atoms with Crippen molar-refractivity contribution in [3.05, 3.63) is 62.6 Å². The van der Waals surface area contributed by atoms with Crippen molar-refractivity contribution in [3.63, 3.8) is 0 Å². The summed E-state index contributed by atoms with van der Waals surface area (Å²) in [5.74, 6) is -0.283. The Morgan fingerprint density at radius 1 is 1.18 bits per heavy atom. The molecule has 0 saturated carbocycles. The van der Waals surface area contributed by atoms with Gasteiger partial charge in [0.2, 0.25) is 5.91 Å². The number of aliphatic hydroxyl groups is 2. The Kier molecular flexibility index (Phi) is 6.19. The van der Waals surface area contributed by atoms with E-state index in [1.807, 2.05) is 31.2 Å². The summed E-state index contributed by atoms with van der Waals surface area (Å²) >= 11 is 0. The van der Waals surface area contributed by atoms with Crippen LogP contribution in [0.1, 0.15) is 11.1 Å². The van der Waals surface area contributed by atoms with Gasteiger partial charge in [0.1, 0.15) is 24.0 Å². The highest BCUT2D eigenvalue weighted by Crippen LogP contribution is 2.19. The van der Waals surface area contributed by atoms with Crippen molar-refractivity contribution in [2.45, 2.75) is 44.2 Å². The van der Waals surface area contributed by atoms with Crippen LogP contribution in [-0.4, -0.2) is 65.8 Å². The highest BCUT2D eigenvalue weighted by molar-refractivity contribution is 5.79. The zero-order chi connectivity index (χ0) is 23.9. The third-order valence-electron chi connectivity index (χ3n) is 6.18. The molecule has 3 N–H and O–H groups in total. The highest BCUT2D eigenvalue weighted by atomic mass is 16.5. The number of aryl methyl sites for hydroxylation is 2. The number of hydrogen-bond acceptors (Lipinski definition) is 7. The predicted molar refractivity (Wildman–Crippen MR) is 119 cm³/mol. The van der Waals surface area contributed by atoms with Crippen LogP contribution in [0.4, 0.5) is 0 Å². The topological polar surface area (TPSA) is 141 Å². The lowest BCUT2D eigenvalue weighted by atomic mass is 9.97. The largest absolute Gasteiger partial charge is 0.388 e. The number of aliphatic hydroxyl groups excluding tert-OH is 2. The van der Waals surface area contributed by atoms with Crippen LogP contribution in [-0.2, 0) is 36.6 Å². The molecule has 1 saturated heterocycles. The molecule has 1 aliphatic heterocycles. The van der Waals surface area contributed by atoms with Crippen LogP contribution in [0.25, 0.3) is 11.2 Å². The highest BCUT2D eigenvalue weighted by Gasteiger charge is 2.39. The number of ether oxygens (including phenoxy) is 1. The van der Waals surface area contributed by atoms with Gasteiger partial charge in [-0.1, -0.05) is 24.3 Å². The number of carbonyl (C=O) groups is 1. The first-order chi connectivity index (χ1) is 15.7. The van der Waals surface area contributed by atoms with Gasteiger partial charge in [0.25, 0.3) is 5.56 Å². The molecule has 176 valence electrons. The number of hydrogen-bond donors (Lipinski definition) is 3. The molecule has 0 unspecified atom stereocenters. The lowest BCUT2D eigenvalue weighted by Crippen LogP contribution is -2.60. The standard InChI is InChI=1S/C22H27N5O6/c1-12-6-4-5-7-13(12)8-16(28)24-14-10-33-15(19(30)18(14)29)9-27-11-23-17-20(27)25(2)22(32)26(3)21(17)31/h4-7,11,14-15,18-19,29-30H,8-10H2,1-3H3,(H,24,28)/t14-,15-,18+,19-/m1/s1. The molecule has 33 heavy (non-hydrogen) atoms. The molecule has 4 atom stereocenters. The van der Waals surface area contributed by atoms with Crippen LogP contribution in [0.15, 0.2) is 40.2 Å². The molecule has 1 aliphatic rings. The second-order valence-corrected chi connectivity index (χ2v) is 8.41. The number of nitrogens with zero attached hydrogens (tertiary/aromatic N) is 4. The van der Waals surface area contributed by atoms with Crippen molar-refractivity contribution in [2.24, 2.45) is 14.1 Å². The van der Waals surface area contributed by atoms with Crippen molar-refractivity contribution >= 4 is 17.1 Å². The molecule has 0 radical (unpaired) electrons. The number of amides is 1. The minimum absolute atomic E-state index is 0.00424. The van der Waals surface area contributed by atoms with Crippen LogP contribution < -0.4 is 16.6 Å². The first-order valence-corrected chi connectivity index (χ1v) is 10.6. The van der Waals surface area contributed by atoms with Gasteiger partial charge >= 0.3 is 5.69 Å². The molecule has 3 aromatic rings. The molecule has 4 rings (SSSR count). The van der Waals surface area contributed by atoms with Gasteiger partial charge in [-0.05, 0) is 18.1 Å². The maximum atomic E-state index is 12.5. The summed E-state index contributed by atoms with van der Waals surface area (Å²) in [6, 6.07) is 6.76. The molecular formula is C22H27N5O6. The van der Waals surface area contributed by atoms with Gasteiger partial charge in [0.05, 0.1) is 31.9 Å². The number of rotatable bonds is 5. The zero-order valence-corrected chi connectivity index (χ0v) is 18.6. The Hall–Kier alpha value is -3.28. The first kappa shape index (κ1) is 22.9. The van der Waals surface area contributed by atoms with E-state index in [2.05, 4.69) is 10.3 Å². The normalized spacial score (nSPS) is 23.1. The van der Waals surface area contributed by atoms with E-state index in [1.54, 1.807) is 0 Å². The monoisotopic (exact) mass is 457 g/mol. The Balaban J connectivity index is 1.46. The van der Waals surface area contributed by atoms with Crippen LogP contribution in [0.2, 0.25) is 0 Å². The van der Waals surface area contributed by atoms with Gasteiger partial charge < -0.3 is 24.8 Å². The molecule has 0 aliphatic carbocycles. The van der Waals surface area contributed by atoms with E-state index >= 15 is 0 Å². The summed E-state index contributed by atoms with van der Waals surface area (Å²) in [6.07, 6.45) is -1.84. The average Bonchev–Trinajstić information content (AvgIpc) is 3.21. The Morgan fingerprint density at radius 3 is 2.64 bits per heavy atom. The van der Waals surface area contributed by atoms with E-state index in [-0.39, 0.29) is 31.0 Å². The second-order valence-electron chi connectivity index (χ2n) is 8.41. The van der Waals surface area contributed by atoms with Crippen LogP contribution >= 0.6 is 0 Å². The first-order valence-electron chi connectivity index (χ1n) is 10.6. The van der Waals surface area contributed by atoms with Gasteiger partial charge in [-0.25, -0.2) is 9.78 Å². The van der Waals surface area contributed by atoms with Gasteiger partial charge in [0, 0.05) is 14.1 Å². The van der Waals surface area contributed by atoms with Gasteiger partial charge in [0.15, 0.2) is 5.52 Å². The summed E-state index contributed by atoms with van der Waals surface area (Å²) < 4.78 is 9.56. The van der Waals surface area contributed by atoms with Crippen molar-refractivity contribution < 1.29 is 19.7 Å². The smallest absolute Gasteiger partial charge is 0.332 e. The van der Waals surface area contributed by atoms with E-state index in [1.165, 1.54) is 29.6 Å². The minimum atomic E-state index is -1.30. The summed E-state index contributed by atoms with van der Waals surface area (Å²) in [4.78, 5) is 41.2. The van der Waals surface area contributed by atoms with Crippen molar-refractivity contribution in [1.29, 1.82) is 0 Å². The molecule has 0 spiro atoms. The summed E-state index contributed by atoms with van der Waals surface area (Å²) in [6.45, 7) is 1.97. The molecule has 0 bridgehead atoms. The van der Waals surface area contributed by atoms with E-state index in [9.17, 15) is 24.6 Å². The fraction of sp³-hybridized carbons (Fsp3) is 0.455. The number of fused-ring (bicyclic) bond motifs is 1. The molecule has 1 fully saturated rings. The van der Waals surface area contributed by atoms with E-state index < -0.39 is 35.6 Å². The maximum Gasteiger partial charge on any atom is 0.332 e. The number of nitrogens with one attached hydrogen (secondary N) is 1. The van der Waals surface area contributed by atoms with Crippen molar-refractivity contribution in [2.75, 3.05) is 6.61 Å². The van der Waals surface area contributed by atoms with Crippen LogP contribution in [0.3, 0.4) is 0 Å². The summed E-state index contributed by atoms with van der Waals surface area (Å²) in [7, 11) is 2.90. The number of aromatic nitrogens is 4. The van der Waals surface area contributed by atoms with E-state index in [0.717, 1.165) is 15.7 Å². The molecule has 11 heteroatoms. The molecule has 1 aromatic carbocycles. The van der Waals surface area contributed by atoms with Gasteiger partial charge in [-0.2, -0.15) is 0 Å². The quantitative estimate of drug-likeness (QED) is 0.428. The summed E-state index contributed by atoms with van der Waals surface area (Å²) in [5, 5.41) is 24.0. The number of carbonyl (C=O) groups excluding carboxylic acids is 1. The third kappa shape index (κ3) is 4.22. The second kappa shape index (κ2) is 8.93. The molecule has 3 heterocycles. The number of imidazole rings is 1. The van der Waals surface area contributed by atoms with E-state index in [4.69, 9.17) is 4.74 Å². The number of benzene rings is 1. The van der Waals surface area contributed by atoms with Crippen molar-refractivity contribution in [1.82, 2.24) is 24.0 Å². The maximum absolute atomic E-state index is 12.5. The lowest BCUT2D eigenvalue weighted by molar-refractivity contribution is -0.158. The van der Waals surface area contributed by atoms with Crippen LogP contribution in [0, 0.1) is 6.92 Å². The van der Waals surface area contributed by atoms with Gasteiger partial charge in [-0.15, -0.1) is 0 Å². The molecule has 11 nitrogen and oxygen atoms in total. The molecule has 1 amide bonds. The molecule has 2 aromatic heterocycles. The fourth-order valence-electron chi connectivity index (χ4n) is 4.18. The Morgan fingerprint density at radius 2 is 1.91 bits per heavy atom. The predicted octanol–water partition coefficient (Wildman–Crippen LogP) is -1.41. The molecular weight excluding hydrogens is 430 g/mol. The Labute approximate surface area is 188 Å².